The van der Waals surface area contributed by atoms with Gasteiger partial charge in [-0.2, -0.15) is 0 Å². The molecule has 0 aliphatic carbocycles. The summed E-state index contributed by atoms with van der Waals surface area (Å²) in [5, 5.41) is 0. The number of ether oxygens (including phenoxy) is 1. The van der Waals surface area contributed by atoms with Crippen LogP contribution in [0.1, 0.15) is 44.1 Å². The lowest BCUT2D eigenvalue weighted by molar-refractivity contribution is 0.0805. The van der Waals surface area contributed by atoms with Crippen LogP contribution < -0.4 is 4.74 Å². The molecule has 2 heteroatoms. The first-order valence-corrected chi connectivity index (χ1v) is 8.99. The van der Waals surface area contributed by atoms with Gasteiger partial charge in [0, 0.05) is 11.1 Å². The van der Waals surface area contributed by atoms with Gasteiger partial charge in [0.15, 0.2) is 6.10 Å². The summed E-state index contributed by atoms with van der Waals surface area (Å²) in [4.78, 5) is 13.5. The van der Waals surface area contributed by atoms with E-state index in [2.05, 4.69) is 37.3 Å². The summed E-state index contributed by atoms with van der Waals surface area (Å²) >= 11 is 0. The Hall–Kier alpha value is -2.87. The number of ketones is 1. The standard InChI is InChI=1S/C24H22O2/c1-15-13-16(2)21(17(3)14-15)23(25)24-22(18-9-5-4-6-10-18)19-11-7-8-12-20(19)26-24/h4-14,22,24H,1-3H3/t22-,24-/m1/s1. The smallest absolute Gasteiger partial charge is 0.204 e. The van der Waals surface area contributed by atoms with Crippen molar-refractivity contribution in [1.29, 1.82) is 0 Å². The number of hydrogen-bond donors (Lipinski definition) is 0. The van der Waals surface area contributed by atoms with Crippen LogP contribution in [0.2, 0.25) is 0 Å². The molecule has 0 bridgehead atoms. The van der Waals surface area contributed by atoms with Crippen LogP contribution >= 0.6 is 0 Å². The molecule has 0 saturated heterocycles. The van der Waals surface area contributed by atoms with Gasteiger partial charge in [0.1, 0.15) is 5.75 Å². The van der Waals surface area contributed by atoms with Crippen molar-refractivity contribution in [3.8, 4) is 5.75 Å². The molecule has 0 fully saturated rings. The molecule has 0 unspecified atom stereocenters. The first-order chi connectivity index (χ1) is 12.6. The zero-order chi connectivity index (χ0) is 18.3. The SMILES string of the molecule is Cc1cc(C)c(C(=O)[C@@H]2Oc3ccccc3[C@H]2c2ccccc2)c(C)c1. The summed E-state index contributed by atoms with van der Waals surface area (Å²) < 4.78 is 6.18. The minimum absolute atomic E-state index is 0.0602. The molecule has 0 radical (unpaired) electrons. The zero-order valence-electron chi connectivity index (χ0n) is 15.3. The molecule has 4 rings (SSSR count). The fourth-order valence-corrected chi connectivity index (χ4v) is 4.14. The summed E-state index contributed by atoms with van der Waals surface area (Å²) in [6, 6.07) is 22.3. The summed E-state index contributed by atoms with van der Waals surface area (Å²) in [7, 11) is 0. The van der Waals surface area contributed by atoms with E-state index in [1.807, 2.05) is 50.2 Å². The maximum Gasteiger partial charge on any atom is 0.204 e. The van der Waals surface area contributed by atoms with Crippen LogP contribution in [0.15, 0.2) is 66.7 Å². The molecule has 2 nitrogen and oxygen atoms in total. The van der Waals surface area contributed by atoms with E-state index in [0.717, 1.165) is 33.6 Å². The van der Waals surface area contributed by atoms with E-state index < -0.39 is 6.10 Å². The summed E-state index contributed by atoms with van der Waals surface area (Å²) in [6.45, 7) is 6.07. The number of rotatable bonds is 3. The van der Waals surface area contributed by atoms with Crippen LogP contribution in [0.25, 0.3) is 0 Å². The molecule has 0 N–H and O–H groups in total. The number of Topliss-reactive ketones (excluding diaryl/α,β-unsaturated/α-hetero) is 1. The summed E-state index contributed by atoms with van der Waals surface area (Å²) in [5.74, 6) is 0.784. The Bertz CT molecular complexity index is 950. The predicted molar refractivity (Wildman–Crippen MR) is 104 cm³/mol. The number of carbonyl (C=O) groups excluding carboxylic acids is 1. The van der Waals surface area contributed by atoms with Crippen molar-refractivity contribution in [2.75, 3.05) is 0 Å². The average molecular weight is 342 g/mol. The van der Waals surface area contributed by atoms with Gasteiger partial charge in [0.25, 0.3) is 0 Å². The summed E-state index contributed by atoms with van der Waals surface area (Å²) in [6.07, 6.45) is -0.532. The van der Waals surface area contributed by atoms with Gasteiger partial charge in [-0.05, 0) is 43.5 Å². The van der Waals surface area contributed by atoms with Gasteiger partial charge in [-0.3, -0.25) is 4.79 Å². The van der Waals surface area contributed by atoms with Crippen molar-refractivity contribution in [3.63, 3.8) is 0 Å². The third-order valence-electron chi connectivity index (χ3n) is 5.15. The minimum atomic E-state index is -0.532. The maximum atomic E-state index is 13.5. The van der Waals surface area contributed by atoms with E-state index in [1.54, 1.807) is 0 Å². The first-order valence-electron chi connectivity index (χ1n) is 8.99. The number of benzene rings is 3. The molecule has 1 aliphatic rings. The number of aryl methyl sites for hydroxylation is 3. The van der Waals surface area contributed by atoms with Crippen molar-refractivity contribution < 1.29 is 9.53 Å². The van der Waals surface area contributed by atoms with Crippen molar-refractivity contribution in [1.82, 2.24) is 0 Å². The molecule has 1 heterocycles. The van der Waals surface area contributed by atoms with Crippen LogP contribution in [0.3, 0.4) is 0 Å². The quantitative estimate of drug-likeness (QED) is 0.597. The fraction of sp³-hybridized carbons (Fsp3) is 0.208. The lowest BCUT2D eigenvalue weighted by Crippen LogP contribution is -2.31. The van der Waals surface area contributed by atoms with Crippen LogP contribution in [0.5, 0.6) is 5.75 Å². The average Bonchev–Trinajstić information content (AvgIpc) is 3.01. The van der Waals surface area contributed by atoms with E-state index in [-0.39, 0.29) is 11.7 Å². The van der Waals surface area contributed by atoms with Gasteiger partial charge in [-0.1, -0.05) is 66.2 Å². The monoisotopic (exact) mass is 342 g/mol. The molecular formula is C24H22O2. The lowest BCUT2D eigenvalue weighted by atomic mass is 9.83. The summed E-state index contributed by atoms with van der Waals surface area (Å²) in [5.41, 5.74) is 6.18. The molecule has 3 aromatic carbocycles. The van der Waals surface area contributed by atoms with E-state index in [9.17, 15) is 4.79 Å². The Balaban J connectivity index is 1.82. The highest BCUT2D eigenvalue weighted by Gasteiger charge is 2.41. The Kier molecular flexibility index (Phi) is 4.12. The van der Waals surface area contributed by atoms with Crippen molar-refractivity contribution >= 4 is 5.78 Å². The second-order valence-electron chi connectivity index (χ2n) is 7.10. The Morgan fingerprint density at radius 1 is 0.846 bits per heavy atom. The molecule has 1 aliphatic heterocycles. The normalized spacial score (nSPS) is 18.3. The fourth-order valence-electron chi connectivity index (χ4n) is 4.14. The van der Waals surface area contributed by atoms with Crippen LogP contribution in [0, 0.1) is 20.8 Å². The molecule has 0 saturated carbocycles. The van der Waals surface area contributed by atoms with Gasteiger partial charge >= 0.3 is 0 Å². The van der Waals surface area contributed by atoms with Gasteiger partial charge in [0.2, 0.25) is 5.78 Å². The van der Waals surface area contributed by atoms with Crippen LogP contribution in [-0.4, -0.2) is 11.9 Å². The van der Waals surface area contributed by atoms with Crippen LogP contribution in [-0.2, 0) is 0 Å². The molecule has 2 atom stereocenters. The van der Waals surface area contributed by atoms with E-state index in [0.29, 0.717) is 0 Å². The van der Waals surface area contributed by atoms with E-state index in [4.69, 9.17) is 4.74 Å². The maximum absolute atomic E-state index is 13.5. The van der Waals surface area contributed by atoms with Crippen molar-refractivity contribution in [3.05, 3.63) is 100 Å². The molecule has 0 spiro atoms. The highest BCUT2D eigenvalue weighted by Crippen LogP contribution is 2.43. The second kappa shape index (κ2) is 6.45. The molecule has 26 heavy (non-hydrogen) atoms. The number of carbonyl (C=O) groups is 1. The predicted octanol–water partition coefficient (Wildman–Crippen LogP) is 5.39. The molecule has 0 aromatic heterocycles. The van der Waals surface area contributed by atoms with Gasteiger partial charge in [-0.15, -0.1) is 0 Å². The number of fused-ring (bicyclic) bond motifs is 1. The topological polar surface area (TPSA) is 26.3 Å². The van der Waals surface area contributed by atoms with Gasteiger partial charge in [0.05, 0.1) is 5.92 Å². The Morgan fingerprint density at radius 3 is 2.15 bits per heavy atom. The molecular weight excluding hydrogens is 320 g/mol. The van der Waals surface area contributed by atoms with Crippen molar-refractivity contribution in [2.45, 2.75) is 32.8 Å². The van der Waals surface area contributed by atoms with Gasteiger partial charge < -0.3 is 4.74 Å². The Morgan fingerprint density at radius 2 is 1.46 bits per heavy atom. The van der Waals surface area contributed by atoms with E-state index >= 15 is 0 Å². The largest absolute Gasteiger partial charge is 0.481 e. The van der Waals surface area contributed by atoms with E-state index in [1.165, 1.54) is 5.56 Å². The zero-order valence-corrected chi connectivity index (χ0v) is 15.3. The molecule has 130 valence electrons. The molecule has 3 aromatic rings. The highest BCUT2D eigenvalue weighted by atomic mass is 16.5. The third-order valence-corrected chi connectivity index (χ3v) is 5.15. The lowest BCUT2D eigenvalue weighted by Gasteiger charge is -2.21. The first kappa shape index (κ1) is 16.6. The van der Waals surface area contributed by atoms with Crippen LogP contribution in [0.4, 0.5) is 0 Å². The van der Waals surface area contributed by atoms with Crippen molar-refractivity contribution in [2.24, 2.45) is 0 Å². The second-order valence-corrected chi connectivity index (χ2v) is 7.10. The Labute approximate surface area is 154 Å². The van der Waals surface area contributed by atoms with Gasteiger partial charge in [-0.25, -0.2) is 0 Å². The highest BCUT2D eigenvalue weighted by molar-refractivity contribution is 6.03. The number of hydrogen-bond acceptors (Lipinski definition) is 2. The minimum Gasteiger partial charge on any atom is -0.481 e. The third kappa shape index (κ3) is 2.72. The molecule has 0 amide bonds. The number of para-hydroxylation sites is 1.